The highest BCUT2D eigenvalue weighted by molar-refractivity contribution is 6.33. The third kappa shape index (κ3) is 6.44. The van der Waals surface area contributed by atoms with E-state index in [2.05, 4.69) is 10.6 Å². The first-order valence-corrected chi connectivity index (χ1v) is 7.88. The number of nitrogens with one attached hydrogen (secondary N) is 2. The van der Waals surface area contributed by atoms with Crippen LogP contribution >= 0.6 is 11.6 Å². The van der Waals surface area contributed by atoms with Gasteiger partial charge in [0.2, 0.25) is 0 Å². The lowest BCUT2D eigenvalue weighted by molar-refractivity contribution is 0.0940. The second-order valence-electron chi connectivity index (χ2n) is 5.50. The summed E-state index contributed by atoms with van der Waals surface area (Å²) in [5, 5.41) is 5.33. The third-order valence-corrected chi connectivity index (χ3v) is 3.37. The average molecular weight is 345 g/mol. The number of ether oxygens (including phenoxy) is 1. The van der Waals surface area contributed by atoms with Gasteiger partial charge in [-0.2, -0.15) is 0 Å². The Bertz CT molecular complexity index is 532. The normalized spacial score (nSPS) is 11.9. The second kappa shape index (κ2) is 9.35. The number of rotatable bonds is 7. The van der Waals surface area contributed by atoms with Crippen LogP contribution in [0.5, 0.6) is 0 Å². The molecule has 1 aromatic carbocycles. The van der Waals surface area contributed by atoms with E-state index < -0.39 is 17.8 Å². The molecule has 0 saturated heterocycles. The standard InChI is InChI=1S/C16H22ClFN2O3/c1-4-23-16(22)20-11(8-10(2)3)9-19-15(21)14-12(17)6-5-7-13(14)18/h5-7,10-11H,4,8-9H2,1-3H3,(H,19,21)(H,20,22)/t11-/m1/s1. The Kier molecular flexibility index (Phi) is 7.81. The molecule has 0 radical (unpaired) electrons. The zero-order valence-electron chi connectivity index (χ0n) is 13.5. The number of benzene rings is 1. The highest BCUT2D eigenvalue weighted by Gasteiger charge is 2.19. The Labute approximate surface area is 140 Å². The van der Waals surface area contributed by atoms with Crippen molar-refractivity contribution in [3.63, 3.8) is 0 Å². The van der Waals surface area contributed by atoms with Crippen molar-refractivity contribution in [2.45, 2.75) is 33.2 Å². The Morgan fingerprint density at radius 3 is 2.61 bits per heavy atom. The number of hydrogen-bond acceptors (Lipinski definition) is 3. The average Bonchev–Trinajstić information content (AvgIpc) is 2.44. The first-order chi connectivity index (χ1) is 10.8. The molecule has 0 aromatic heterocycles. The van der Waals surface area contributed by atoms with Gasteiger partial charge in [-0.05, 0) is 31.4 Å². The summed E-state index contributed by atoms with van der Waals surface area (Å²) in [5.41, 5.74) is -0.200. The van der Waals surface area contributed by atoms with Crippen molar-refractivity contribution in [1.29, 1.82) is 0 Å². The lowest BCUT2D eigenvalue weighted by Gasteiger charge is -2.21. The Morgan fingerprint density at radius 2 is 2.04 bits per heavy atom. The van der Waals surface area contributed by atoms with Crippen molar-refractivity contribution in [1.82, 2.24) is 10.6 Å². The van der Waals surface area contributed by atoms with E-state index in [1.54, 1.807) is 6.92 Å². The van der Waals surface area contributed by atoms with Gasteiger partial charge in [0.05, 0.1) is 17.2 Å². The molecule has 0 unspecified atom stereocenters. The summed E-state index contributed by atoms with van der Waals surface area (Å²) in [5.74, 6) is -1.00. The van der Waals surface area contributed by atoms with E-state index in [0.717, 1.165) is 0 Å². The van der Waals surface area contributed by atoms with Crippen LogP contribution in [-0.4, -0.2) is 31.2 Å². The fraction of sp³-hybridized carbons (Fsp3) is 0.500. The van der Waals surface area contributed by atoms with Gasteiger partial charge in [-0.3, -0.25) is 4.79 Å². The minimum atomic E-state index is -0.686. The second-order valence-corrected chi connectivity index (χ2v) is 5.91. The predicted octanol–water partition coefficient (Wildman–Crippen LogP) is 3.37. The van der Waals surface area contributed by atoms with Crippen LogP contribution in [0.1, 0.15) is 37.6 Å². The lowest BCUT2D eigenvalue weighted by Crippen LogP contribution is -2.44. The molecule has 0 bridgehead atoms. The van der Waals surface area contributed by atoms with Crippen LogP contribution in [0.2, 0.25) is 5.02 Å². The molecule has 1 atom stereocenters. The first-order valence-electron chi connectivity index (χ1n) is 7.50. The predicted molar refractivity (Wildman–Crippen MR) is 87.1 cm³/mol. The fourth-order valence-electron chi connectivity index (χ4n) is 2.12. The molecule has 2 N–H and O–H groups in total. The van der Waals surface area contributed by atoms with Gasteiger partial charge in [0.1, 0.15) is 5.82 Å². The zero-order valence-corrected chi connectivity index (χ0v) is 14.2. The Balaban J connectivity index is 2.69. The number of hydrogen-bond donors (Lipinski definition) is 2. The molecule has 5 nitrogen and oxygen atoms in total. The molecule has 0 fully saturated rings. The summed E-state index contributed by atoms with van der Waals surface area (Å²) in [4.78, 5) is 23.6. The van der Waals surface area contributed by atoms with E-state index in [0.29, 0.717) is 12.3 Å². The summed E-state index contributed by atoms with van der Waals surface area (Å²) >= 11 is 5.86. The molecule has 0 heterocycles. The zero-order chi connectivity index (χ0) is 17.4. The maximum absolute atomic E-state index is 13.7. The van der Waals surface area contributed by atoms with E-state index in [-0.39, 0.29) is 29.8 Å². The van der Waals surface area contributed by atoms with E-state index >= 15 is 0 Å². The highest BCUT2D eigenvalue weighted by atomic mass is 35.5. The maximum atomic E-state index is 13.7. The minimum Gasteiger partial charge on any atom is -0.450 e. The van der Waals surface area contributed by atoms with Gasteiger partial charge < -0.3 is 15.4 Å². The summed E-state index contributed by atoms with van der Waals surface area (Å²) in [7, 11) is 0. The van der Waals surface area contributed by atoms with Crippen LogP contribution in [0.15, 0.2) is 18.2 Å². The van der Waals surface area contributed by atoms with Crippen molar-refractivity contribution in [3.05, 3.63) is 34.6 Å². The van der Waals surface area contributed by atoms with Crippen molar-refractivity contribution < 1.29 is 18.7 Å². The van der Waals surface area contributed by atoms with Gasteiger partial charge in [0.25, 0.3) is 5.91 Å². The van der Waals surface area contributed by atoms with Crippen molar-refractivity contribution in [3.8, 4) is 0 Å². The molecule has 2 amide bonds. The molecule has 0 aliphatic heterocycles. The molecular weight excluding hydrogens is 323 g/mol. The monoisotopic (exact) mass is 344 g/mol. The highest BCUT2D eigenvalue weighted by Crippen LogP contribution is 2.18. The molecule has 1 aromatic rings. The van der Waals surface area contributed by atoms with Crippen LogP contribution < -0.4 is 10.6 Å². The van der Waals surface area contributed by atoms with Gasteiger partial charge >= 0.3 is 6.09 Å². The van der Waals surface area contributed by atoms with Crippen LogP contribution in [0, 0.1) is 11.7 Å². The van der Waals surface area contributed by atoms with E-state index in [4.69, 9.17) is 16.3 Å². The number of carbonyl (C=O) groups is 2. The molecule has 1 rings (SSSR count). The van der Waals surface area contributed by atoms with E-state index in [1.807, 2.05) is 13.8 Å². The fourth-order valence-corrected chi connectivity index (χ4v) is 2.37. The van der Waals surface area contributed by atoms with Crippen molar-refractivity contribution in [2.75, 3.05) is 13.2 Å². The van der Waals surface area contributed by atoms with Gasteiger partial charge in [0.15, 0.2) is 0 Å². The van der Waals surface area contributed by atoms with Gasteiger partial charge in [-0.15, -0.1) is 0 Å². The molecular formula is C16H22ClFN2O3. The quantitative estimate of drug-likeness (QED) is 0.797. The van der Waals surface area contributed by atoms with Crippen molar-refractivity contribution >= 4 is 23.6 Å². The minimum absolute atomic E-state index is 0.0428. The Morgan fingerprint density at radius 1 is 1.35 bits per heavy atom. The van der Waals surface area contributed by atoms with Crippen LogP contribution in [0.3, 0.4) is 0 Å². The number of alkyl carbamates (subject to hydrolysis) is 1. The molecule has 0 aliphatic rings. The van der Waals surface area contributed by atoms with Gasteiger partial charge in [0, 0.05) is 12.6 Å². The largest absolute Gasteiger partial charge is 0.450 e. The lowest BCUT2D eigenvalue weighted by atomic mass is 10.0. The topological polar surface area (TPSA) is 67.4 Å². The first kappa shape index (κ1) is 19.2. The van der Waals surface area contributed by atoms with Crippen LogP contribution in [-0.2, 0) is 4.74 Å². The summed E-state index contributed by atoms with van der Waals surface area (Å²) in [6, 6.07) is 3.73. The number of amides is 2. The summed E-state index contributed by atoms with van der Waals surface area (Å²) < 4.78 is 18.6. The van der Waals surface area contributed by atoms with Crippen molar-refractivity contribution in [2.24, 2.45) is 5.92 Å². The molecule has 0 saturated carbocycles. The molecule has 128 valence electrons. The van der Waals surface area contributed by atoms with Crippen LogP contribution in [0.25, 0.3) is 0 Å². The maximum Gasteiger partial charge on any atom is 0.407 e. The molecule has 7 heteroatoms. The smallest absolute Gasteiger partial charge is 0.407 e. The van der Waals surface area contributed by atoms with E-state index in [1.165, 1.54) is 18.2 Å². The summed E-state index contributed by atoms with van der Waals surface area (Å²) in [6.45, 7) is 6.11. The summed E-state index contributed by atoms with van der Waals surface area (Å²) in [6.07, 6.45) is 0.0979. The Hall–Kier alpha value is -1.82. The van der Waals surface area contributed by atoms with Gasteiger partial charge in [-0.1, -0.05) is 31.5 Å². The molecule has 23 heavy (non-hydrogen) atoms. The third-order valence-electron chi connectivity index (χ3n) is 3.05. The molecule has 0 aliphatic carbocycles. The SMILES string of the molecule is CCOC(=O)N[C@@H](CNC(=O)c1c(F)cccc1Cl)CC(C)C. The number of halogens is 2. The number of carbonyl (C=O) groups excluding carboxylic acids is 2. The van der Waals surface area contributed by atoms with E-state index in [9.17, 15) is 14.0 Å². The van der Waals surface area contributed by atoms with Crippen LogP contribution in [0.4, 0.5) is 9.18 Å². The molecule has 0 spiro atoms. The van der Waals surface area contributed by atoms with Gasteiger partial charge in [-0.25, -0.2) is 9.18 Å².